The van der Waals surface area contributed by atoms with Crippen LogP contribution >= 0.6 is 0 Å². The lowest BCUT2D eigenvalue weighted by molar-refractivity contribution is -0.122. The van der Waals surface area contributed by atoms with E-state index in [2.05, 4.69) is 29.0 Å². The van der Waals surface area contributed by atoms with Gasteiger partial charge in [-0.25, -0.2) is 13.5 Å². The van der Waals surface area contributed by atoms with E-state index < -0.39 is 6.10 Å². The van der Waals surface area contributed by atoms with Gasteiger partial charge < -0.3 is 15.2 Å². The van der Waals surface area contributed by atoms with Crippen molar-refractivity contribution >= 4 is 5.91 Å². The van der Waals surface area contributed by atoms with E-state index in [1.807, 2.05) is 13.0 Å². The summed E-state index contributed by atoms with van der Waals surface area (Å²) in [5, 5.41) is 18.0. The predicted molar refractivity (Wildman–Crippen MR) is 149 cm³/mol. The van der Waals surface area contributed by atoms with Crippen molar-refractivity contribution < 1.29 is 23.4 Å². The Hall–Kier alpha value is -3.34. The summed E-state index contributed by atoms with van der Waals surface area (Å²) >= 11 is 0. The Bertz CT molecular complexity index is 1260. The fourth-order valence-electron chi connectivity index (χ4n) is 4.80. The fraction of sp³-hybridized carbons (Fsp3) is 0.467. The van der Waals surface area contributed by atoms with Crippen molar-refractivity contribution in [3.8, 4) is 11.4 Å². The zero-order valence-electron chi connectivity index (χ0n) is 23.4. The SMILES string of the molecule is Cc1ccc(F)cc1-n1nc(CNC(=O)CN2CCN(C[C@H](O)COc3ccc(F)cc3)CC2)cc1CC(C)C. The Labute approximate surface area is 234 Å². The highest BCUT2D eigenvalue weighted by molar-refractivity contribution is 5.78. The molecule has 0 radical (unpaired) electrons. The number of rotatable bonds is 12. The predicted octanol–water partition coefficient (Wildman–Crippen LogP) is 3.33. The Kier molecular flexibility index (Phi) is 10.2. The Morgan fingerprint density at radius 1 is 1.02 bits per heavy atom. The highest BCUT2D eigenvalue weighted by Gasteiger charge is 2.21. The third-order valence-corrected chi connectivity index (χ3v) is 6.87. The number of amides is 1. The minimum atomic E-state index is -0.670. The van der Waals surface area contributed by atoms with Crippen molar-refractivity contribution in [1.29, 1.82) is 0 Å². The molecule has 3 aromatic rings. The average molecular weight is 556 g/mol. The van der Waals surface area contributed by atoms with Gasteiger partial charge in [0.15, 0.2) is 0 Å². The van der Waals surface area contributed by atoms with Crippen molar-refractivity contribution in [2.45, 2.75) is 39.8 Å². The van der Waals surface area contributed by atoms with Crippen LogP contribution in [0.25, 0.3) is 5.69 Å². The standard InChI is InChI=1S/C30H39F2N5O3/c1-21(2)14-26-16-25(34-37(26)29-15-24(32)5-4-22(29)3)17-33-30(39)19-36-12-10-35(11-13-36)18-27(38)20-40-28-8-6-23(31)7-9-28/h4-9,15-16,21,27,38H,10-14,17-20H2,1-3H3,(H,33,39)/t27-/m0/s1. The number of benzene rings is 2. The minimum absolute atomic E-state index is 0.0805. The van der Waals surface area contributed by atoms with Gasteiger partial charge in [-0.05, 0) is 67.3 Å². The molecule has 1 atom stereocenters. The van der Waals surface area contributed by atoms with Crippen LogP contribution in [0.1, 0.15) is 30.8 Å². The van der Waals surface area contributed by atoms with E-state index in [1.54, 1.807) is 10.7 Å². The molecule has 1 aliphatic heterocycles. The molecule has 2 heterocycles. The van der Waals surface area contributed by atoms with E-state index in [1.165, 1.54) is 36.4 Å². The Morgan fingerprint density at radius 2 is 1.70 bits per heavy atom. The Morgan fingerprint density at radius 3 is 2.40 bits per heavy atom. The largest absolute Gasteiger partial charge is 0.491 e. The van der Waals surface area contributed by atoms with Crippen molar-refractivity contribution in [1.82, 2.24) is 24.9 Å². The first kappa shape index (κ1) is 29.6. The average Bonchev–Trinajstić information content (AvgIpc) is 3.31. The molecule has 0 unspecified atom stereocenters. The quantitative estimate of drug-likeness (QED) is 0.357. The van der Waals surface area contributed by atoms with Gasteiger partial charge in [0.1, 0.15) is 30.1 Å². The molecule has 2 aromatic carbocycles. The maximum atomic E-state index is 14.0. The van der Waals surface area contributed by atoms with E-state index in [9.17, 15) is 18.7 Å². The van der Waals surface area contributed by atoms with E-state index in [4.69, 9.17) is 9.84 Å². The number of hydrogen-bond acceptors (Lipinski definition) is 6. The summed E-state index contributed by atoms with van der Waals surface area (Å²) in [5.41, 5.74) is 3.35. The number of nitrogens with zero attached hydrogens (tertiary/aromatic N) is 4. The number of carbonyl (C=O) groups is 1. The summed E-state index contributed by atoms with van der Waals surface area (Å²) < 4.78 is 34.3. The third kappa shape index (κ3) is 8.58. The molecule has 10 heteroatoms. The molecular weight excluding hydrogens is 516 g/mol. The first-order valence-corrected chi connectivity index (χ1v) is 13.8. The molecule has 1 fully saturated rings. The van der Waals surface area contributed by atoms with E-state index in [0.717, 1.165) is 36.5 Å². The molecule has 1 amide bonds. The maximum absolute atomic E-state index is 14.0. The van der Waals surface area contributed by atoms with Crippen LogP contribution in [0.3, 0.4) is 0 Å². The molecule has 1 aliphatic rings. The number of aromatic nitrogens is 2. The molecule has 2 N–H and O–H groups in total. The molecule has 0 aliphatic carbocycles. The summed E-state index contributed by atoms with van der Waals surface area (Å²) in [4.78, 5) is 16.9. The normalized spacial score (nSPS) is 15.4. The van der Waals surface area contributed by atoms with Crippen molar-refractivity contribution in [3.05, 3.63) is 77.1 Å². The van der Waals surface area contributed by atoms with Crippen LogP contribution in [-0.4, -0.2) is 82.6 Å². The molecule has 1 saturated heterocycles. The van der Waals surface area contributed by atoms with Crippen LogP contribution in [0, 0.1) is 24.5 Å². The third-order valence-electron chi connectivity index (χ3n) is 6.87. The van der Waals surface area contributed by atoms with Gasteiger partial charge in [0.25, 0.3) is 0 Å². The van der Waals surface area contributed by atoms with Gasteiger partial charge in [0.05, 0.1) is 24.5 Å². The molecule has 0 spiro atoms. The Balaban J connectivity index is 1.22. The zero-order valence-corrected chi connectivity index (χ0v) is 23.4. The van der Waals surface area contributed by atoms with E-state index in [-0.39, 0.29) is 30.7 Å². The molecule has 216 valence electrons. The van der Waals surface area contributed by atoms with Gasteiger partial charge in [-0.15, -0.1) is 0 Å². The van der Waals surface area contributed by atoms with Crippen LogP contribution in [-0.2, 0) is 17.8 Å². The maximum Gasteiger partial charge on any atom is 0.234 e. The molecule has 40 heavy (non-hydrogen) atoms. The number of nitrogens with one attached hydrogen (secondary N) is 1. The zero-order chi connectivity index (χ0) is 28.6. The number of aliphatic hydroxyl groups excluding tert-OH is 1. The summed E-state index contributed by atoms with van der Waals surface area (Å²) in [6.07, 6.45) is 0.116. The fourth-order valence-corrected chi connectivity index (χ4v) is 4.80. The summed E-state index contributed by atoms with van der Waals surface area (Å²) in [7, 11) is 0. The number of β-amino-alcohol motifs (C(OH)–C–C–N with tert-alkyl or cyclic N) is 1. The van der Waals surface area contributed by atoms with E-state index in [0.29, 0.717) is 43.5 Å². The minimum Gasteiger partial charge on any atom is -0.491 e. The number of aliphatic hydroxyl groups is 1. The van der Waals surface area contributed by atoms with Gasteiger partial charge in [-0.3, -0.25) is 14.6 Å². The van der Waals surface area contributed by atoms with Crippen LogP contribution in [0.5, 0.6) is 5.75 Å². The molecule has 1 aromatic heterocycles. The monoisotopic (exact) mass is 555 g/mol. The second kappa shape index (κ2) is 13.8. The molecule has 0 saturated carbocycles. The smallest absolute Gasteiger partial charge is 0.234 e. The van der Waals surface area contributed by atoms with Gasteiger partial charge in [0, 0.05) is 38.4 Å². The van der Waals surface area contributed by atoms with Crippen LogP contribution in [0.2, 0.25) is 0 Å². The summed E-state index contributed by atoms with van der Waals surface area (Å²) in [5.74, 6) is 0.191. The molecule has 4 rings (SSSR count). The number of carbonyl (C=O) groups excluding carboxylic acids is 1. The van der Waals surface area contributed by atoms with Crippen molar-refractivity contribution in [2.24, 2.45) is 5.92 Å². The van der Waals surface area contributed by atoms with Crippen LogP contribution < -0.4 is 10.1 Å². The molecule has 0 bridgehead atoms. The summed E-state index contributed by atoms with van der Waals surface area (Å²) in [6, 6.07) is 12.4. The van der Waals surface area contributed by atoms with Crippen LogP contribution in [0.4, 0.5) is 8.78 Å². The van der Waals surface area contributed by atoms with Gasteiger partial charge in [0.2, 0.25) is 5.91 Å². The van der Waals surface area contributed by atoms with E-state index >= 15 is 0 Å². The van der Waals surface area contributed by atoms with Crippen LogP contribution in [0.15, 0.2) is 48.5 Å². The number of ether oxygens (including phenoxy) is 1. The number of hydrogen-bond donors (Lipinski definition) is 2. The molecular formula is C30H39F2N5O3. The second-order valence-corrected chi connectivity index (χ2v) is 10.8. The highest BCUT2D eigenvalue weighted by Crippen LogP contribution is 2.20. The highest BCUT2D eigenvalue weighted by atomic mass is 19.1. The van der Waals surface area contributed by atoms with Gasteiger partial charge in [-0.1, -0.05) is 19.9 Å². The number of halogens is 2. The topological polar surface area (TPSA) is 82.9 Å². The molecule has 8 nitrogen and oxygen atoms in total. The number of piperazine rings is 1. The van der Waals surface area contributed by atoms with Gasteiger partial charge >= 0.3 is 0 Å². The first-order valence-electron chi connectivity index (χ1n) is 13.8. The summed E-state index contributed by atoms with van der Waals surface area (Å²) in [6.45, 7) is 10.2. The van der Waals surface area contributed by atoms with Gasteiger partial charge in [-0.2, -0.15) is 5.10 Å². The lowest BCUT2D eigenvalue weighted by atomic mass is 10.1. The second-order valence-electron chi connectivity index (χ2n) is 10.8. The van der Waals surface area contributed by atoms with Crippen molar-refractivity contribution in [3.63, 3.8) is 0 Å². The lowest BCUT2D eigenvalue weighted by Gasteiger charge is -2.35. The first-order chi connectivity index (χ1) is 19.2. The number of aryl methyl sites for hydroxylation is 1. The van der Waals surface area contributed by atoms with Crippen molar-refractivity contribution in [2.75, 3.05) is 45.9 Å². The lowest BCUT2D eigenvalue weighted by Crippen LogP contribution is -2.51.